The number of rotatable bonds is 4. The molecule has 0 spiro atoms. The molecule has 6 heteroatoms. The van der Waals surface area contributed by atoms with E-state index in [0.29, 0.717) is 10.4 Å². The van der Waals surface area contributed by atoms with E-state index in [0.717, 1.165) is 38.2 Å². The third kappa shape index (κ3) is 5.68. The van der Waals surface area contributed by atoms with Crippen molar-refractivity contribution in [2.75, 3.05) is 26.2 Å². The van der Waals surface area contributed by atoms with Crippen molar-refractivity contribution in [1.82, 2.24) is 10.2 Å². The van der Waals surface area contributed by atoms with Gasteiger partial charge in [0.2, 0.25) is 0 Å². The monoisotopic (exact) mass is 400 g/mol. The van der Waals surface area contributed by atoms with Crippen molar-refractivity contribution < 1.29 is 4.39 Å². The van der Waals surface area contributed by atoms with Crippen molar-refractivity contribution >= 4 is 40.7 Å². The fourth-order valence-corrected chi connectivity index (χ4v) is 3.07. The maximum absolute atomic E-state index is 14.4. The molecule has 1 aromatic carbocycles. The van der Waals surface area contributed by atoms with Crippen LogP contribution in [0.1, 0.15) is 31.9 Å². The SMILES string of the molecule is CC(C)C[C@H](c1cccc(Br)c1F)N1CCNCC1.Cl.Cl. The molecule has 0 bridgehead atoms. The lowest BCUT2D eigenvalue weighted by atomic mass is 9.94. The van der Waals surface area contributed by atoms with Gasteiger partial charge in [-0.15, -0.1) is 24.8 Å². The van der Waals surface area contributed by atoms with Crippen LogP contribution in [-0.4, -0.2) is 31.1 Å². The van der Waals surface area contributed by atoms with Crippen molar-refractivity contribution in [3.8, 4) is 0 Å². The van der Waals surface area contributed by atoms with E-state index in [9.17, 15) is 4.39 Å². The van der Waals surface area contributed by atoms with Crippen LogP contribution in [0.3, 0.4) is 0 Å². The maximum Gasteiger partial charge on any atom is 0.142 e. The summed E-state index contributed by atoms with van der Waals surface area (Å²) in [5, 5.41) is 3.36. The van der Waals surface area contributed by atoms with Crippen LogP contribution < -0.4 is 5.32 Å². The average Bonchev–Trinajstić information content (AvgIpc) is 2.40. The van der Waals surface area contributed by atoms with Gasteiger partial charge in [-0.25, -0.2) is 4.39 Å². The number of nitrogens with one attached hydrogen (secondary N) is 1. The van der Waals surface area contributed by atoms with Crippen LogP contribution in [0, 0.1) is 11.7 Å². The van der Waals surface area contributed by atoms with Crippen LogP contribution >= 0.6 is 40.7 Å². The van der Waals surface area contributed by atoms with Gasteiger partial charge in [0.1, 0.15) is 5.82 Å². The van der Waals surface area contributed by atoms with Crippen molar-refractivity contribution in [2.24, 2.45) is 5.92 Å². The number of halogens is 4. The lowest BCUT2D eigenvalue weighted by Crippen LogP contribution is -2.45. The molecule has 1 aromatic rings. The van der Waals surface area contributed by atoms with E-state index in [1.165, 1.54) is 0 Å². The Morgan fingerprint density at radius 1 is 1.24 bits per heavy atom. The molecule has 0 unspecified atom stereocenters. The van der Waals surface area contributed by atoms with Gasteiger partial charge in [0.05, 0.1) is 4.47 Å². The predicted octanol–water partition coefficient (Wildman–Crippen LogP) is 4.42. The van der Waals surface area contributed by atoms with Gasteiger partial charge < -0.3 is 5.32 Å². The maximum atomic E-state index is 14.4. The summed E-state index contributed by atoms with van der Waals surface area (Å²) in [4.78, 5) is 2.40. The number of nitrogens with zero attached hydrogens (tertiary/aromatic N) is 1. The minimum atomic E-state index is -0.105. The molecule has 1 heterocycles. The molecule has 1 fully saturated rings. The standard InChI is InChI=1S/C15H22BrFN2.2ClH/c1-11(2)10-14(19-8-6-18-7-9-19)12-4-3-5-13(16)15(12)17;;/h3-5,11,14,18H,6-10H2,1-2H3;2*1H/t14-;;/m1../s1. The Morgan fingerprint density at radius 2 is 1.86 bits per heavy atom. The summed E-state index contributed by atoms with van der Waals surface area (Å²) < 4.78 is 14.9. The van der Waals surface area contributed by atoms with Crippen LogP contribution in [-0.2, 0) is 0 Å². The van der Waals surface area contributed by atoms with Gasteiger partial charge in [-0.2, -0.15) is 0 Å². The summed E-state index contributed by atoms with van der Waals surface area (Å²) in [5.41, 5.74) is 0.824. The summed E-state index contributed by atoms with van der Waals surface area (Å²) in [6.45, 7) is 8.36. The molecule has 1 aliphatic rings. The number of benzene rings is 1. The summed E-state index contributed by atoms with van der Waals surface area (Å²) in [6.07, 6.45) is 0.993. The summed E-state index contributed by atoms with van der Waals surface area (Å²) >= 11 is 3.30. The first-order chi connectivity index (χ1) is 9.09. The van der Waals surface area contributed by atoms with Crippen LogP contribution in [0.2, 0.25) is 0 Å². The second kappa shape index (κ2) is 10.0. The zero-order valence-corrected chi connectivity index (χ0v) is 15.7. The Kier molecular flexibility index (Phi) is 10.1. The highest BCUT2D eigenvalue weighted by molar-refractivity contribution is 9.10. The third-order valence-corrected chi connectivity index (χ3v) is 4.24. The highest BCUT2D eigenvalue weighted by Crippen LogP contribution is 2.32. The van der Waals surface area contributed by atoms with E-state index in [-0.39, 0.29) is 36.7 Å². The lowest BCUT2D eigenvalue weighted by Gasteiger charge is -2.36. The van der Waals surface area contributed by atoms with Gasteiger partial charge in [-0.05, 0) is 34.3 Å². The Labute approximate surface area is 147 Å². The lowest BCUT2D eigenvalue weighted by molar-refractivity contribution is 0.151. The van der Waals surface area contributed by atoms with Gasteiger partial charge in [0.15, 0.2) is 0 Å². The Morgan fingerprint density at radius 3 is 2.43 bits per heavy atom. The summed E-state index contributed by atoms with van der Waals surface area (Å²) in [7, 11) is 0. The normalized spacial score (nSPS) is 17.0. The van der Waals surface area contributed by atoms with E-state index in [1.54, 1.807) is 6.07 Å². The number of piperazine rings is 1. The Bertz CT molecular complexity index is 426. The zero-order chi connectivity index (χ0) is 13.8. The fraction of sp³-hybridized carbons (Fsp3) is 0.600. The largest absolute Gasteiger partial charge is 0.314 e. The molecule has 1 atom stereocenters. The average molecular weight is 402 g/mol. The molecular weight excluding hydrogens is 378 g/mol. The van der Waals surface area contributed by atoms with Crippen LogP contribution in [0.5, 0.6) is 0 Å². The number of hydrogen-bond donors (Lipinski definition) is 1. The first-order valence-corrected chi connectivity index (χ1v) is 7.77. The molecule has 0 aromatic heterocycles. The van der Waals surface area contributed by atoms with Crippen LogP contribution in [0.25, 0.3) is 0 Å². The second-order valence-electron chi connectivity index (χ2n) is 5.57. The van der Waals surface area contributed by atoms with Crippen molar-refractivity contribution in [1.29, 1.82) is 0 Å². The predicted molar refractivity (Wildman–Crippen MR) is 95.2 cm³/mol. The first-order valence-electron chi connectivity index (χ1n) is 6.98. The zero-order valence-electron chi connectivity index (χ0n) is 12.4. The topological polar surface area (TPSA) is 15.3 Å². The first kappa shape index (κ1) is 21.1. The molecule has 0 radical (unpaired) electrons. The molecule has 1 N–H and O–H groups in total. The van der Waals surface area contributed by atoms with Crippen LogP contribution in [0.15, 0.2) is 22.7 Å². The molecule has 0 saturated carbocycles. The molecule has 1 saturated heterocycles. The summed E-state index contributed by atoms with van der Waals surface area (Å²) in [6, 6.07) is 5.80. The molecular formula is C15H24BrCl2FN2. The van der Waals surface area contributed by atoms with Gasteiger partial charge in [-0.1, -0.05) is 26.0 Å². The van der Waals surface area contributed by atoms with E-state index in [4.69, 9.17) is 0 Å². The van der Waals surface area contributed by atoms with Crippen molar-refractivity contribution in [3.05, 3.63) is 34.1 Å². The molecule has 2 nitrogen and oxygen atoms in total. The van der Waals surface area contributed by atoms with E-state index in [1.807, 2.05) is 12.1 Å². The molecule has 0 aliphatic carbocycles. The highest BCUT2D eigenvalue weighted by atomic mass is 79.9. The minimum absolute atomic E-state index is 0. The number of hydrogen-bond acceptors (Lipinski definition) is 2. The van der Waals surface area contributed by atoms with E-state index < -0.39 is 0 Å². The van der Waals surface area contributed by atoms with Gasteiger partial charge >= 0.3 is 0 Å². The fourth-order valence-electron chi connectivity index (χ4n) is 2.69. The minimum Gasteiger partial charge on any atom is -0.314 e. The molecule has 1 aliphatic heterocycles. The Balaban J connectivity index is 0.00000200. The molecule has 2 rings (SSSR count). The Hall–Kier alpha value is 0.130. The molecule has 21 heavy (non-hydrogen) atoms. The van der Waals surface area contributed by atoms with Gasteiger partial charge in [-0.3, -0.25) is 4.90 Å². The smallest absolute Gasteiger partial charge is 0.142 e. The van der Waals surface area contributed by atoms with E-state index in [2.05, 4.69) is 40.0 Å². The summed E-state index contributed by atoms with van der Waals surface area (Å²) in [5.74, 6) is 0.449. The van der Waals surface area contributed by atoms with Crippen molar-refractivity contribution in [3.63, 3.8) is 0 Å². The van der Waals surface area contributed by atoms with E-state index >= 15 is 0 Å². The third-order valence-electron chi connectivity index (χ3n) is 3.63. The highest BCUT2D eigenvalue weighted by Gasteiger charge is 2.25. The van der Waals surface area contributed by atoms with Crippen molar-refractivity contribution in [2.45, 2.75) is 26.3 Å². The van der Waals surface area contributed by atoms with Gasteiger partial charge in [0.25, 0.3) is 0 Å². The second-order valence-corrected chi connectivity index (χ2v) is 6.43. The molecule has 0 amide bonds. The molecule has 122 valence electrons. The van der Waals surface area contributed by atoms with Gasteiger partial charge in [0, 0.05) is 37.8 Å². The van der Waals surface area contributed by atoms with Crippen LogP contribution in [0.4, 0.5) is 4.39 Å². The quantitative estimate of drug-likeness (QED) is 0.802.